The van der Waals surface area contributed by atoms with Crippen molar-refractivity contribution in [2.24, 2.45) is 0 Å². The largest absolute Gasteiger partial charge is 0.337 e. The molecule has 0 saturated carbocycles. The van der Waals surface area contributed by atoms with E-state index in [2.05, 4.69) is 21.9 Å². The van der Waals surface area contributed by atoms with Gasteiger partial charge < -0.3 is 4.90 Å². The van der Waals surface area contributed by atoms with Gasteiger partial charge in [0.05, 0.1) is 24.3 Å². The first-order valence-corrected chi connectivity index (χ1v) is 8.65. The van der Waals surface area contributed by atoms with Crippen LogP contribution in [0.25, 0.3) is 10.4 Å². The van der Waals surface area contributed by atoms with E-state index in [0.717, 1.165) is 11.4 Å². The van der Waals surface area contributed by atoms with E-state index >= 15 is 0 Å². The molecule has 28 heavy (non-hydrogen) atoms. The summed E-state index contributed by atoms with van der Waals surface area (Å²) in [5, 5.41) is 18.4. The maximum atomic E-state index is 9.35. The van der Waals surface area contributed by atoms with Crippen molar-refractivity contribution in [2.75, 3.05) is 4.90 Å². The van der Waals surface area contributed by atoms with Crippen LogP contribution >= 0.6 is 0 Å². The molecule has 132 valence electrons. The molecule has 0 aliphatic heterocycles. The van der Waals surface area contributed by atoms with Gasteiger partial charge in [-0.05, 0) is 35.4 Å². The van der Waals surface area contributed by atoms with Crippen molar-refractivity contribution in [3.8, 4) is 12.1 Å². The summed E-state index contributed by atoms with van der Waals surface area (Å²) >= 11 is 0. The molecule has 4 nitrogen and oxygen atoms in total. The van der Waals surface area contributed by atoms with Crippen molar-refractivity contribution >= 4 is 16.9 Å². The van der Waals surface area contributed by atoms with Gasteiger partial charge in [0.25, 0.3) is 5.70 Å². The van der Waals surface area contributed by atoms with Crippen LogP contribution < -0.4 is 4.90 Å². The minimum absolute atomic E-state index is 0.0957. The second-order valence-electron chi connectivity index (χ2n) is 6.01. The normalized spacial score (nSPS) is 10.8. The van der Waals surface area contributed by atoms with Gasteiger partial charge in [0.1, 0.15) is 0 Å². The highest BCUT2D eigenvalue weighted by atomic mass is 15.1. The first kappa shape index (κ1) is 18.5. The smallest absolute Gasteiger partial charge is 0.279 e. The summed E-state index contributed by atoms with van der Waals surface area (Å²) in [5.74, 6) is 0. The summed E-state index contributed by atoms with van der Waals surface area (Å²) < 4.78 is 0. The van der Waals surface area contributed by atoms with Gasteiger partial charge in [0.15, 0.2) is 0 Å². The number of hydrogen-bond donors (Lipinski definition) is 0. The topological polar surface area (TPSA) is 55.2 Å². The van der Waals surface area contributed by atoms with E-state index in [1.165, 1.54) is 5.56 Å². The van der Waals surface area contributed by atoms with E-state index in [4.69, 9.17) is 11.8 Å². The molecule has 0 fully saturated rings. The molecule has 0 unspecified atom stereocenters. The minimum atomic E-state index is -0.195. The Kier molecular flexibility index (Phi) is 5.84. The number of para-hydroxylation sites is 1. The standard InChI is InChI=1S/C24H16N4/c1-27-24(17-26)23(16-25)20-12-14-22(15-13-20)28(21-10-6-3-7-11-21)18-19-8-4-2-5-9-19/h2-15H,18H2/b24-23-. The van der Waals surface area contributed by atoms with Crippen LogP contribution in [-0.4, -0.2) is 0 Å². The lowest BCUT2D eigenvalue weighted by molar-refractivity contribution is 0.975. The Hall–Kier alpha value is -4.33. The molecule has 0 aromatic heterocycles. The van der Waals surface area contributed by atoms with E-state index in [1.54, 1.807) is 18.2 Å². The van der Waals surface area contributed by atoms with Crippen molar-refractivity contribution < 1.29 is 0 Å². The molecule has 3 aromatic carbocycles. The van der Waals surface area contributed by atoms with Crippen LogP contribution in [0.5, 0.6) is 0 Å². The van der Waals surface area contributed by atoms with E-state index in [1.807, 2.05) is 66.7 Å². The van der Waals surface area contributed by atoms with Crippen LogP contribution in [0.3, 0.4) is 0 Å². The maximum Gasteiger partial charge on any atom is 0.279 e. The van der Waals surface area contributed by atoms with Crippen LogP contribution in [0, 0.1) is 29.2 Å². The monoisotopic (exact) mass is 360 g/mol. The average Bonchev–Trinajstić information content (AvgIpc) is 2.77. The lowest BCUT2D eigenvalue weighted by Gasteiger charge is -2.25. The lowest BCUT2D eigenvalue weighted by atomic mass is 10.0. The Morgan fingerprint density at radius 3 is 1.89 bits per heavy atom. The molecule has 0 spiro atoms. The Labute approximate surface area is 164 Å². The number of benzene rings is 3. The van der Waals surface area contributed by atoms with Crippen LogP contribution in [0.15, 0.2) is 90.6 Å². The van der Waals surface area contributed by atoms with Crippen molar-refractivity contribution in [2.45, 2.75) is 6.54 Å². The summed E-state index contributed by atoms with van der Waals surface area (Å²) in [4.78, 5) is 5.33. The molecule has 0 heterocycles. The van der Waals surface area contributed by atoms with Crippen LogP contribution in [-0.2, 0) is 6.54 Å². The zero-order chi connectivity index (χ0) is 19.8. The zero-order valence-electron chi connectivity index (χ0n) is 15.1. The first-order chi connectivity index (χ1) is 13.8. The van der Waals surface area contributed by atoms with Gasteiger partial charge >= 0.3 is 0 Å². The van der Waals surface area contributed by atoms with E-state index < -0.39 is 0 Å². The first-order valence-electron chi connectivity index (χ1n) is 8.65. The fourth-order valence-electron chi connectivity index (χ4n) is 2.90. The van der Waals surface area contributed by atoms with Crippen LogP contribution in [0.1, 0.15) is 11.1 Å². The predicted octanol–water partition coefficient (Wildman–Crippen LogP) is 5.70. The fraction of sp³-hybridized carbons (Fsp3) is 0.0417. The lowest BCUT2D eigenvalue weighted by Crippen LogP contribution is -2.16. The molecule has 0 aliphatic carbocycles. The van der Waals surface area contributed by atoms with E-state index in [9.17, 15) is 5.26 Å². The molecule has 0 saturated heterocycles. The SMILES string of the molecule is [C-]#[N+]/C(C#N)=C(/C#N)c1ccc(N(Cc2ccccc2)c2ccccc2)cc1. The molecular weight excluding hydrogens is 344 g/mol. The Morgan fingerprint density at radius 1 is 0.786 bits per heavy atom. The Bertz CT molecular complexity index is 1080. The molecule has 0 radical (unpaired) electrons. The molecule has 0 amide bonds. The summed E-state index contributed by atoms with van der Waals surface area (Å²) in [5.41, 5.74) is 3.64. The van der Waals surface area contributed by atoms with Gasteiger partial charge in [-0.1, -0.05) is 60.7 Å². The average molecular weight is 360 g/mol. The third-order valence-electron chi connectivity index (χ3n) is 4.29. The summed E-state index contributed by atoms with van der Waals surface area (Å²) in [6, 6.07) is 31.4. The minimum Gasteiger partial charge on any atom is -0.337 e. The van der Waals surface area contributed by atoms with Crippen molar-refractivity contribution in [3.05, 3.63) is 113 Å². The predicted molar refractivity (Wildman–Crippen MR) is 110 cm³/mol. The number of anilines is 2. The Balaban J connectivity index is 2.00. The number of allylic oxidation sites excluding steroid dienone is 2. The number of nitriles is 2. The van der Waals surface area contributed by atoms with E-state index in [-0.39, 0.29) is 11.3 Å². The van der Waals surface area contributed by atoms with Gasteiger partial charge in [0.2, 0.25) is 0 Å². The number of rotatable bonds is 5. The highest BCUT2D eigenvalue weighted by molar-refractivity contribution is 5.83. The Morgan fingerprint density at radius 2 is 1.36 bits per heavy atom. The second-order valence-corrected chi connectivity index (χ2v) is 6.01. The number of hydrogen-bond acceptors (Lipinski definition) is 3. The molecule has 4 heteroatoms. The van der Waals surface area contributed by atoms with Crippen molar-refractivity contribution in [3.63, 3.8) is 0 Å². The maximum absolute atomic E-state index is 9.35. The third-order valence-corrected chi connectivity index (χ3v) is 4.29. The highest BCUT2D eigenvalue weighted by Gasteiger charge is 2.13. The molecule has 0 bridgehead atoms. The summed E-state index contributed by atoms with van der Waals surface area (Å²) in [7, 11) is 0. The third kappa shape index (κ3) is 4.07. The quantitative estimate of drug-likeness (QED) is 0.433. The van der Waals surface area contributed by atoms with Gasteiger partial charge in [0, 0.05) is 17.9 Å². The van der Waals surface area contributed by atoms with Gasteiger partial charge in [-0.25, -0.2) is 10.1 Å². The fourth-order valence-corrected chi connectivity index (χ4v) is 2.90. The van der Waals surface area contributed by atoms with Crippen molar-refractivity contribution in [1.29, 1.82) is 10.5 Å². The second kappa shape index (κ2) is 8.86. The van der Waals surface area contributed by atoms with Crippen molar-refractivity contribution in [1.82, 2.24) is 0 Å². The molecule has 3 rings (SSSR count). The molecule has 0 aliphatic rings. The summed E-state index contributed by atoms with van der Waals surface area (Å²) in [6.45, 7) is 7.77. The van der Waals surface area contributed by atoms with E-state index in [0.29, 0.717) is 12.1 Å². The van der Waals surface area contributed by atoms with Crippen LogP contribution in [0.2, 0.25) is 0 Å². The molecule has 0 atom stereocenters. The van der Waals surface area contributed by atoms with Gasteiger partial charge in [-0.3, -0.25) is 0 Å². The zero-order valence-corrected chi connectivity index (χ0v) is 15.1. The van der Waals surface area contributed by atoms with Gasteiger partial charge in [-0.15, -0.1) is 0 Å². The highest BCUT2D eigenvalue weighted by Crippen LogP contribution is 2.29. The van der Waals surface area contributed by atoms with Crippen LogP contribution in [0.4, 0.5) is 11.4 Å². The van der Waals surface area contributed by atoms with Gasteiger partial charge in [-0.2, -0.15) is 5.26 Å². The molecule has 3 aromatic rings. The number of nitrogens with zero attached hydrogens (tertiary/aromatic N) is 4. The summed E-state index contributed by atoms with van der Waals surface area (Å²) in [6.07, 6.45) is 0. The molecular formula is C24H16N4. The molecule has 0 N–H and O–H groups in total.